The van der Waals surface area contributed by atoms with E-state index in [2.05, 4.69) is 28.5 Å². The highest BCUT2D eigenvalue weighted by molar-refractivity contribution is 4.87. The summed E-state index contributed by atoms with van der Waals surface area (Å²) in [5.74, 6) is 1.11. The Morgan fingerprint density at radius 1 is 1.50 bits per heavy atom. The van der Waals surface area contributed by atoms with E-state index in [1.54, 1.807) is 0 Å². The number of aryl methyl sites for hydroxylation is 2. The van der Waals surface area contributed by atoms with Gasteiger partial charge in [-0.05, 0) is 34.0 Å². The van der Waals surface area contributed by atoms with Gasteiger partial charge in [0.25, 0.3) is 0 Å². The molecule has 0 N–H and O–H groups in total. The molecule has 0 saturated heterocycles. The van der Waals surface area contributed by atoms with Crippen LogP contribution in [0.4, 0.5) is 0 Å². The van der Waals surface area contributed by atoms with Gasteiger partial charge in [-0.25, -0.2) is 4.98 Å². The molecule has 0 aromatic carbocycles. The Morgan fingerprint density at radius 2 is 2.25 bits per heavy atom. The Hall–Kier alpha value is -0.830. The summed E-state index contributed by atoms with van der Waals surface area (Å²) in [7, 11) is 4.20. The lowest BCUT2D eigenvalue weighted by Crippen LogP contribution is -2.15. The highest BCUT2D eigenvalue weighted by Crippen LogP contribution is 1.97. The predicted octanol–water partition coefficient (Wildman–Crippen LogP) is 1.14. The van der Waals surface area contributed by atoms with Gasteiger partial charge < -0.3 is 9.47 Å². The van der Waals surface area contributed by atoms with Gasteiger partial charge in [-0.1, -0.05) is 0 Å². The molecule has 0 atom stereocenters. The van der Waals surface area contributed by atoms with Crippen LogP contribution in [-0.4, -0.2) is 35.1 Å². The van der Waals surface area contributed by atoms with Gasteiger partial charge in [0.1, 0.15) is 5.82 Å². The molecule has 0 bridgehead atoms. The lowest BCUT2D eigenvalue weighted by molar-refractivity contribution is 0.385. The number of hydrogen-bond acceptors (Lipinski definition) is 2. The molecule has 0 amide bonds. The zero-order chi connectivity index (χ0) is 8.97. The highest BCUT2D eigenvalue weighted by atomic mass is 15.1. The molecule has 68 valence electrons. The maximum atomic E-state index is 4.16. The van der Waals surface area contributed by atoms with Crippen LogP contribution in [0.1, 0.15) is 12.2 Å². The second-order valence-corrected chi connectivity index (χ2v) is 3.32. The van der Waals surface area contributed by atoms with Crippen LogP contribution >= 0.6 is 0 Å². The first-order valence-corrected chi connectivity index (χ1v) is 4.32. The molecular weight excluding hydrogens is 150 g/mol. The summed E-state index contributed by atoms with van der Waals surface area (Å²) in [5, 5.41) is 0. The Bertz CT molecular complexity index is 227. The lowest BCUT2D eigenvalue weighted by atomic mass is 10.4. The van der Waals surface area contributed by atoms with E-state index < -0.39 is 0 Å². The third kappa shape index (κ3) is 2.66. The summed E-state index contributed by atoms with van der Waals surface area (Å²) in [6.45, 7) is 4.25. The van der Waals surface area contributed by atoms with Crippen molar-refractivity contribution in [2.45, 2.75) is 19.9 Å². The van der Waals surface area contributed by atoms with Crippen molar-refractivity contribution in [3.05, 3.63) is 18.2 Å². The molecular formula is C9H17N3. The Morgan fingerprint density at radius 3 is 2.75 bits per heavy atom. The molecule has 0 aliphatic heterocycles. The highest BCUT2D eigenvalue weighted by Gasteiger charge is 1.96. The number of aromatic nitrogens is 2. The van der Waals surface area contributed by atoms with Crippen molar-refractivity contribution in [1.29, 1.82) is 0 Å². The molecule has 0 saturated carbocycles. The number of imidazole rings is 1. The minimum atomic E-state index is 1.07. The zero-order valence-corrected chi connectivity index (χ0v) is 8.12. The maximum absolute atomic E-state index is 4.16. The first kappa shape index (κ1) is 9.26. The molecule has 1 rings (SSSR count). The van der Waals surface area contributed by atoms with E-state index in [0.717, 1.165) is 18.9 Å². The summed E-state index contributed by atoms with van der Waals surface area (Å²) >= 11 is 0. The van der Waals surface area contributed by atoms with Crippen molar-refractivity contribution in [3.8, 4) is 0 Å². The first-order valence-electron chi connectivity index (χ1n) is 4.32. The molecule has 3 heteroatoms. The van der Waals surface area contributed by atoms with Gasteiger partial charge in [0.2, 0.25) is 0 Å². The number of nitrogens with zero attached hydrogens (tertiary/aromatic N) is 3. The van der Waals surface area contributed by atoms with Gasteiger partial charge in [0.15, 0.2) is 0 Å². The normalized spacial score (nSPS) is 11.0. The van der Waals surface area contributed by atoms with E-state index in [9.17, 15) is 0 Å². The third-order valence-electron chi connectivity index (χ3n) is 1.93. The topological polar surface area (TPSA) is 21.1 Å². The summed E-state index contributed by atoms with van der Waals surface area (Å²) in [5.41, 5.74) is 0. The van der Waals surface area contributed by atoms with Crippen LogP contribution in [0, 0.1) is 6.92 Å². The molecule has 3 nitrogen and oxygen atoms in total. The SMILES string of the molecule is Cc1nccn1CCCN(C)C. The second-order valence-electron chi connectivity index (χ2n) is 3.32. The Kier molecular flexibility index (Phi) is 3.29. The van der Waals surface area contributed by atoms with Crippen LogP contribution in [0.3, 0.4) is 0 Å². The van der Waals surface area contributed by atoms with Crippen LogP contribution < -0.4 is 0 Å². The molecule has 1 heterocycles. The standard InChI is InChI=1S/C9H17N3/c1-9-10-5-8-12(9)7-4-6-11(2)3/h5,8H,4,6-7H2,1-3H3. The molecule has 0 radical (unpaired) electrons. The summed E-state index contributed by atoms with van der Waals surface area (Å²) in [6.07, 6.45) is 5.07. The minimum absolute atomic E-state index is 1.07. The van der Waals surface area contributed by atoms with Gasteiger partial charge in [0.05, 0.1) is 0 Å². The van der Waals surface area contributed by atoms with E-state index in [1.807, 2.05) is 19.3 Å². The summed E-state index contributed by atoms with van der Waals surface area (Å²) in [6, 6.07) is 0. The Balaban J connectivity index is 2.29. The molecule has 0 unspecified atom stereocenters. The van der Waals surface area contributed by atoms with Crippen LogP contribution in [-0.2, 0) is 6.54 Å². The van der Waals surface area contributed by atoms with E-state index in [1.165, 1.54) is 6.42 Å². The van der Waals surface area contributed by atoms with Crippen molar-refractivity contribution in [3.63, 3.8) is 0 Å². The maximum Gasteiger partial charge on any atom is 0.105 e. The molecule has 0 aliphatic rings. The smallest absolute Gasteiger partial charge is 0.105 e. The van der Waals surface area contributed by atoms with E-state index >= 15 is 0 Å². The average molecular weight is 167 g/mol. The van der Waals surface area contributed by atoms with E-state index in [-0.39, 0.29) is 0 Å². The van der Waals surface area contributed by atoms with E-state index in [0.29, 0.717) is 0 Å². The fourth-order valence-electron chi connectivity index (χ4n) is 1.20. The van der Waals surface area contributed by atoms with Gasteiger partial charge >= 0.3 is 0 Å². The van der Waals surface area contributed by atoms with Crippen molar-refractivity contribution in [1.82, 2.24) is 14.5 Å². The lowest BCUT2D eigenvalue weighted by Gasteiger charge is -2.09. The van der Waals surface area contributed by atoms with Gasteiger partial charge in [-0.15, -0.1) is 0 Å². The minimum Gasteiger partial charge on any atom is -0.335 e. The van der Waals surface area contributed by atoms with Crippen LogP contribution in [0.25, 0.3) is 0 Å². The van der Waals surface area contributed by atoms with Gasteiger partial charge in [-0.3, -0.25) is 0 Å². The van der Waals surface area contributed by atoms with Crippen LogP contribution in [0.15, 0.2) is 12.4 Å². The van der Waals surface area contributed by atoms with Crippen molar-refractivity contribution >= 4 is 0 Å². The quantitative estimate of drug-likeness (QED) is 0.670. The average Bonchev–Trinajstić information content (AvgIpc) is 2.36. The fourth-order valence-corrected chi connectivity index (χ4v) is 1.20. The molecule has 0 fully saturated rings. The van der Waals surface area contributed by atoms with Gasteiger partial charge in [-0.2, -0.15) is 0 Å². The number of hydrogen-bond donors (Lipinski definition) is 0. The fraction of sp³-hybridized carbons (Fsp3) is 0.667. The second kappa shape index (κ2) is 4.26. The third-order valence-corrected chi connectivity index (χ3v) is 1.93. The van der Waals surface area contributed by atoms with Gasteiger partial charge in [0, 0.05) is 18.9 Å². The molecule has 1 aromatic rings. The van der Waals surface area contributed by atoms with Crippen LogP contribution in [0.5, 0.6) is 0 Å². The molecule has 1 aromatic heterocycles. The number of rotatable bonds is 4. The predicted molar refractivity (Wildman–Crippen MR) is 50.1 cm³/mol. The largest absolute Gasteiger partial charge is 0.335 e. The first-order chi connectivity index (χ1) is 5.70. The molecule has 0 spiro atoms. The monoisotopic (exact) mass is 167 g/mol. The summed E-state index contributed by atoms with van der Waals surface area (Å²) < 4.78 is 2.18. The molecule has 12 heavy (non-hydrogen) atoms. The zero-order valence-electron chi connectivity index (χ0n) is 8.12. The van der Waals surface area contributed by atoms with Crippen molar-refractivity contribution in [2.75, 3.05) is 20.6 Å². The van der Waals surface area contributed by atoms with E-state index in [4.69, 9.17) is 0 Å². The Labute approximate surface area is 74.0 Å². The van der Waals surface area contributed by atoms with Crippen molar-refractivity contribution < 1.29 is 0 Å². The summed E-state index contributed by atoms with van der Waals surface area (Å²) in [4.78, 5) is 6.36. The van der Waals surface area contributed by atoms with Crippen LogP contribution in [0.2, 0.25) is 0 Å². The van der Waals surface area contributed by atoms with Crippen molar-refractivity contribution in [2.24, 2.45) is 0 Å². The molecule has 0 aliphatic carbocycles.